The van der Waals surface area contributed by atoms with Gasteiger partial charge in [0.05, 0.1) is 5.01 Å². The Morgan fingerprint density at radius 1 is 1.32 bits per heavy atom. The van der Waals surface area contributed by atoms with Gasteiger partial charge < -0.3 is 5.32 Å². The smallest absolute Gasteiger partial charge is 0.142 e. The van der Waals surface area contributed by atoms with Crippen LogP contribution in [0.1, 0.15) is 29.2 Å². The third-order valence-corrected chi connectivity index (χ3v) is 3.68. The zero-order valence-electron chi connectivity index (χ0n) is 10.9. The summed E-state index contributed by atoms with van der Waals surface area (Å²) in [6, 6.07) is 7.46. The van der Waals surface area contributed by atoms with E-state index >= 15 is 0 Å². The first-order chi connectivity index (χ1) is 9.28. The molecule has 0 aliphatic heterocycles. The highest BCUT2D eigenvalue weighted by Crippen LogP contribution is 2.12. The molecule has 5 heteroatoms. The minimum Gasteiger partial charge on any atom is -0.370 e. The van der Waals surface area contributed by atoms with Crippen molar-refractivity contribution in [2.75, 3.05) is 11.9 Å². The molecule has 0 amide bonds. The molecule has 2 aromatic heterocycles. The first-order valence-corrected chi connectivity index (χ1v) is 7.18. The molecule has 0 saturated carbocycles. The molecule has 0 aliphatic carbocycles. The molecule has 2 heterocycles. The van der Waals surface area contributed by atoms with E-state index in [0.29, 0.717) is 5.69 Å². The van der Waals surface area contributed by atoms with Crippen molar-refractivity contribution in [2.24, 2.45) is 0 Å². The molecule has 4 nitrogen and oxygen atoms in total. The van der Waals surface area contributed by atoms with Gasteiger partial charge in [-0.05, 0) is 38.3 Å². The average Bonchev–Trinajstić information content (AvgIpc) is 2.84. The summed E-state index contributed by atoms with van der Waals surface area (Å²) in [4.78, 5) is 8.61. The first kappa shape index (κ1) is 13.5. The van der Waals surface area contributed by atoms with Crippen LogP contribution in [0.15, 0.2) is 23.6 Å². The van der Waals surface area contributed by atoms with Crippen LogP contribution in [0.25, 0.3) is 0 Å². The van der Waals surface area contributed by atoms with E-state index in [1.54, 1.807) is 17.4 Å². The van der Waals surface area contributed by atoms with Gasteiger partial charge >= 0.3 is 0 Å². The molecule has 0 aliphatic rings. The number of nitrogens with one attached hydrogen (secondary N) is 1. The van der Waals surface area contributed by atoms with E-state index in [-0.39, 0.29) is 0 Å². The second kappa shape index (κ2) is 6.86. The van der Waals surface area contributed by atoms with Crippen molar-refractivity contribution in [3.63, 3.8) is 0 Å². The van der Waals surface area contributed by atoms with Gasteiger partial charge in [-0.2, -0.15) is 5.26 Å². The van der Waals surface area contributed by atoms with Crippen molar-refractivity contribution >= 4 is 17.2 Å². The quantitative estimate of drug-likeness (QED) is 0.821. The molecule has 0 radical (unpaired) electrons. The summed E-state index contributed by atoms with van der Waals surface area (Å²) in [7, 11) is 0. The van der Waals surface area contributed by atoms with Crippen LogP contribution in [0, 0.1) is 18.3 Å². The van der Waals surface area contributed by atoms with E-state index in [9.17, 15) is 0 Å². The lowest BCUT2D eigenvalue weighted by Gasteiger charge is -2.04. The topological polar surface area (TPSA) is 61.6 Å². The minimum absolute atomic E-state index is 0.447. The third kappa shape index (κ3) is 4.34. The number of nitriles is 1. The fourth-order valence-electron chi connectivity index (χ4n) is 1.73. The molecule has 0 saturated heterocycles. The number of aromatic nitrogens is 2. The number of aryl methyl sites for hydroxylation is 2. The van der Waals surface area contributed by atoms with Crippen molar-refractivity contribution < 1.29 is 0 Å². The molecule has 0 aromatic carbocycles. The molecular formula is C14H16N4S. The van der Waals surface area contributed by atoms with Crippen LogP contribution < -0.4 is 5.32 Å². The first-order valence-electron chi connectivity index (χ1n) is 6.30. The predicted molar refractivity (Wildman–Crippen MR) is 77.2 cm³/mol. The summed E-state index contributed by atoms with van der Waals surface area (Å²) < 4.78 is 0. The van der Waals surface area contributed by atoms with Crippen LogP contribution in [0.3, 0.4) is 0 Å². The largest absolute Gasteiger partial charge is 0.370 e. The molecule has 19 heavy (non-hydrogen) atoms. The summed E-state index contributed by atoms with van der Waals surface area (Å²) >= 11 is 1.73. The second-order valence-electron chi connectivity index (χ2n) is 4.29. The number of thiazole rings is 1. The van der Waals surface area contributed by atoms with E-state index in [4.69, 9.17) is 5.26 Å². The highest BCUT2D eigenvalue weighted by atomic mass is 32.1. The summed E-state index contributed by atoms with van der Waals surface area (Å²) in [6.07, 6.45) is 3.21. The van der Waals surface area contributed by atoms with E-state index < -0.39 is 0 Å². The number of hydrogen-bond acceptors (Lipinski definition) is 5. The Labute approximate surface area is 117 Å². The average molecular weight is 272 g/mol. The molecule has 0 unspecified atom stereocenters. The Morgan fingerprint density at radius 3 is 2.95 bits per heavy atom. The van der Waals surface area contributed by atoms with Crippen LogP contribution in [0.4, 0.5) is 5.82 Å². The van der Waals surface area contributed by atoms with Crippen molar-refractivity contribution in [1.82, 2.24) is 9.97 Å². The van der Waals surface area contributed by atoms with Crippen molar-refractivity contribution in [3.05, 3.63) is 40.0 Å². The number of hydrogen-bond donors (Lipinski definition) is 1. The molecule has 0 fully saturated rings. The fraction of sp³-hybridized carbons (Fsp3) is 0.357. The van der Waals surface area contributed by atoms with Gasteiger partial charge in [-0.15, -0.1) is 11.3 Å². The Hall–Kier alpha value is -1.93. The minimum atomic E-state index is 0.447. The number of rotatable bonds is 6. The van der Waals surface area contributed by atoms with Gasteiger partial charge in [0.2, 0.25) is 0 Å². The number of anilines is 1. The lowest BCUT2D eigenvalue weighted by atomic mass is 10.2. The second-order valence-corrected chi connectivity index (χ2v) is 5.23. The molecule has 1 N–H and O–H groups in total. The maximum absolute atomic E-state index is 8.75. The van der Waals surface area contributed by atoms with Crippen molar-refractivity contribution in [2.45, 2.75) is 26.2 Å². The van der Waals surface area contributed by atoms with Crippen molar-refractivity contribution in [3.8, 4) is 6.07 Å². The van der Waals surface area contributed by atoms with Gasteiger partial charge in [0.25, 0.3) is 0 Å². The monoisotopic (exact) mass is 272 g/mol. The Balaban J connectivity index is 1.68. The third-order valence-electron chi connectivity index (χ3n) is 2.65. The van der Waals surface area contributed by atoms with Gasteiger partial charge in [0, 0.05) is 17.6 Å². The molecule has 2 rings (SSSR count). The van der Waals surface area contributed by atoms with Crippen LogP contribution in [0.5, 0.6) is 0 Å². The van der Waals surface area contributed by atoms with E-state index in [1.165, 1.54) is 5.01 Å². The highest BCUT2D eigenvalue weighted by Gasteiger charge is 1.99. The van der Waals surface area contributed by atoms with Gasteiger partial charge in [0.1, 0.15) is 17.6 Å². The lowest BCUT2D eigenvalue weighted by molar-refractivity contribution is 0.756. The maximum Gasteiger partial charge on any atom is 0.142 e. The molecule has 0 spiro atoms. The van der Waals surface area contributed by atoms with E-state index in [2.05, 4.69) is 20.7 Å². The fourth-order valence-corrected chi connectivity index (χ4v) is 2.55. The normalized spacial score (nSPS) is 10.1. The number of nitrogens with zero attached hydrogens (tertiary/aromatic N) is 3. The maximum atomic E-state index is 8.75. The lowest BCUT2D eigenvalue weighted by Crippen LogP contribution is -2.04. The van der Waals surface area contributed by atoms with Gasteiger partial charge in [-0.1, -0.05) is 6.07 Å². The Morgan fingerprint density at radius 2 is 2.21 bits per heavy atom. The molecule has 2 aromatic rings. The van der Waals surface area contributed by atoms with Gasteiger partial charge in [-0.3, -0.25) is 0 Å². The molecule has 0 atom stereocenters. The highest BCUT2D eigenvalue weighted by molar-refractivity contribution is 7.09. The molecule has 98 valence electrons. The standard InChI is InChI=1S/C14H16N4S/c1-11-10-19-14(17-11)7-2-3-8-16-13-6-4-5-12(9-15)18-13/h4-6,10H,2-3,7-8H2,1H3,(H,16,18). The van der Waals surface area contributed by atoms with Crippen LogP contribution in [-0.2, 0) is 6.42 Å². The van der Waals surface area contributed by atoms with E-state index in [1.807, 2.05) is 25.1 Å². The van der Waals surface area contributed by atoms with E-state index in [0.717, 1.165) is 37.3 Å². The summed E-state index contributed by atoms with van der Waals surface area (Å²) in [5.74, 6) is 0.768. The Kier molecular flexibility index (Phi) is 4.87. The van der Waals surface area contributed by atoms with Crippen LogP contribution in [-0.4, -0.2) is 16.5 Å². The summed E-state index contributed by atoms with van der Waals surface area (Å²) in [5, 5.41) is 15.3. The SMILES string of the molecule is Cc1csc(CCCCNc2cccc(C#N)n2)n1. The summed E-state index contributed by atoms with van der Waals surface area (Å²) in [6.45, 7) is 2.89. The van der Waals surface area contributed by atoms with Gasteiger partial charge in [0.15, 0.2) is 0 Å². The number of unbranched alkanes of at least 4 members (excludes halogenated alkanes) is 1. The summed E-state index contributed by atoms with van der Waals surface area (Å²) in [5.41, 5.74) is 1.55. The molecular weight excluding hydrogens is 256 g/mol. The molecule has 0 bridgehead atoms. The number of pyridine rings is 1. The predicted octanol–water partition coefficient (Wildman–Crippen LogP) is 3.15. The van der Waals surface area contributed by atoms with Crippen LogP contribution >= 0.6 is 11.3 Å². The van der Waals surface area contributed by atoms with Crippen LogP contribution in [0.2, 0.25) is 0 Å². The van der Waals surface area contributed by atoms with Crippen molar-refractivity contribution in [1.29, 1.82) is 5.26 Å². The zero-order chi connectivity index (χ0) is 13.5. The Bertz CT molecular complexity index is 571. The zero-order valence-corrected chi connectivity index (χ0v) is 11.7. The van der Waals surface area contributed by atoms with Gasteiger partial charge in [-0.25, -0.2) is 9.97 Å².